The highest BCUT2D eigenvalue weighted by Crippen LogP contribution is 2.28. The van der Waals surface area contributed by atoms with Crippen molar-refractivity contribution in [2.75, 3.05) is 0 Å². The number of benzene rings is 1. The Labute approximate surface area is 99.5 Å². The van der Waals surface area contributed by atoms with Gasteiger partial charge in [0.05, 0.1) is 5.71 Å². The Morgan fingerprint density at radius 1 is 1.38 bits per heavy atom. The maximum absolute atomic E-state index is 11.4. The van der Waals surface area contributed by atoms with Crippen molar-refractivity contribution in [3.8, 4) is 0 Å². The minimum absolute atomic E-state index is 0.0216. The van der Waals surface area contributed by atoms with Crippen molar-refractivity contribution in [3.63, 3.8) is 0 Å². The van der Waals surface area contributed by atoms with Crippen molar-refractivity contribution in [2.45, 2.75) is 19.8 Å². The summed E-state index contributed by atoms with van der Waals surface area (Å²) in [5, 5.41) is 4.75. The fourth-order valence-electron chi connectivity index (χ4n) is 1.33. The third-order valence-electron chi connectivity index (χ3n) is 2.54. The van der Waals surface area contributed by atoms with Crippen molar-refractivity contribution in [1.82, 2.24) is 5.43 Å². The molecule has 0 aromatic heterocycles. The minimum atomic E-state index is 0.0216. The van der Waals surface area contributed by atoms with Gasteiger partial charge in [-0.15, -0.1) is 0 Å². The van der Waals surface area contributed by atoms with Crippen LogP contribution in [0, 0.1) is 5.92 Å². The SMILES string of the molecule is C/C(=N\NC(=O)C1CC1)c1ccc(Cl)cc1. The van der Waals surface area contributed by atoms with Crippen LogP contribution < -0.4 is 5.43 Å². The Morgan fingerprint density at radius 3 is 2.56 bits per heavy atom. The number of carbonyl (C=O) groups is 1. The van der Waals surface area contributed by atoms with Gasteiger partial charge in [0.25, 0.3) is 0 Å². The fraction of sp³-hybridized carbons (Fsp3) is 0.333. The van der Waals surface area contributed by atoms with E-state index in [2.05, 4.69) is 10.5 Å². The Balaban J connectivity index is 2.00. The van der Waals surface area contributed by atoms with E-state index in [9.17, 15) is 4.79 Å². The third kappa shape index (κ3) is 2.83. The van der Waals surface area contributed by atoms with E-state index in [1.165, 1.54) is 0 Å². The van der Waals surface area contributed by atoms with Gasteiger partial charge in [0.15, 0.2) is 0 Å². The molecule has 1 aromatic carbocycles. The number of hydrazone groups is 1. The highest BCUT2D eigenvalue weighted by atomic mass is 35.5. The van der Waals surface area contributed by atoms with Gasteiger partial charge in [-0.2, -0.15) is 5.10 Å². The van der Waals surface area contributed by atoms with E-state index in [1.54, 1.807) is 12.1 Å². The number of amides is 1. The first-order valence-electron chi connectivity index (χ1n) is 5.27. The van der Waals surface area contributed by atoms with E-state index in [0.29, 0.717) is 5.02 Å². The second-order valence-electron chi connectivity index (χ2n) is 3.95. The molecule has 0 bridgehead atoms. The van der Waals surface area contributed by atoms with Gasteiger partial charge in [0.1, 0.15) is 0 Å². The zero-order chi connectivity index (χ0) is 11.5. The Kier molecular flexibility index (Phi) is 3.25. The highest BCUT2D eigenvalue weighted by molar-refractivity contribution is 6.30. The molecule has 1 aliphatic rings. The fourth-order valence-corrected chi connectivity index (χ4v) is 1.46. The van der Waals surface area contributed by atoms with Crippen LogP contribution in [0.15, 0.2) is 29.4 Å². The molecule has 1 N–H and O–H groups in total. The zero-order valence-corrected chi connectivity index (χ0v) is 9.79. The van der Waals surface area contributed by atoms with Crippen LogP contribution in [-0.4, -0.2) is 11.6 Å². The quantitative estimate of drug-likeness (QED) is 0.636. The molecule has 0 saturated heterocycles. The van der Waals surface area contributed by atoms with Crippen molar-refractivity contribution >= 4 is 23.2 Å². The number of rotatable bonds is 3. The lowest BCUT2D eigenvalue weighted by atomic mass is 10.1. The summed E-state index contributed by atoms with van der Waals surface area (Å²) in [6.45, 7) is 1.86. The van der Waals surface area contributed by atoms with Gasteiger partial charge >= 0.3 is 0 Å². The Hall–Kier alpha value is -1.35. The molecule has 1 aliphatic carbocycles. The standard InChI is InChI=1S/C12H13ClN2O/c1-8(9-4-6-11(13)7-5-9)14-15-12(16)10-2-3-10/h4-7,10H,2-3H2,1H3,(H,15,16)/b14-8+. The summed E-state index contributed by atoms with van der Waals surface area (Å²) in [5.41, 5.74) is 4.32. The molecule has 0 heterocycles. The maximum atomic E-state index is 11.4. The summed E-state index contributed by atoms with van der Waals surface area (Å²) in [6, 6.07) is 7.37. The van der Waals surface area contributed by atoms with Gasteiger partial charge in [-0.3, -0.25) is 4.79 Å². The topological polar surface area (TPSA) is 41.5 Å². The minimum Gasteiger partial charge on any atom is -0.273 e. The molecular weight excluding hydrogens is 224 g/mol. The van der Waals surface area contributed by atoms with Crippen molar-refractivity contribution in [1.29, 1.82) is 0 Å². The van der Waals surface area contributed by atoms with Crippen molar-refractivity contribution < 1.29 is 4.79 Å². The number of nitrogens with one attached hydrogen (secondary N) is 1. The summed E-state index contributed by atoms with van der Waals surface area (Å²) in [4.78, 5) is 11.4. The molecule has 0 unspecified atom stereocenters. The molecule has 0 radical (unpaired) electrons. The van der Waals surface area contributed by atoms with Crippen LogP contribution in [0.1, 0.15) is 25.3 Å². The predicted octanol–water partition coefficient (Wildman–Crippen LogP) is 2.59. The van der Waals surface area contributed by atoms with Crippen LogP contribution >= 0.6 is 11.6 Å². The number of halogens is 1. The van der Waals surface area contributed by atoms with Gasteiger partial charge < -0.3 is 0 Å². The molecule has 0 atom stereocenters. The molecule has 1 fully saturated rings. The molecular formula is C12H13ClN2O. The molecule has 2 rings (SSSR count). The van der Waals surface area contributed by atoms with Crippen LogP contribution in [0.3, 0.4) is 0 Å². The summed E-state index contributed by atoms with van der Waals surface area (Å²) in [5.74, 6) is 0.204. The summed E-state index contributed by atoms with van der Waals surface area (Å²) >= 11 is 5.78. The Bertz CT molecular complexity index is 421. The summed E-state index contributed by atoms with van der Waals surface area (Å²) < 4.78 is 0. The number of hydrogen-bond donors (Lipinski definition) is 1. The first-order valence-corrected chi connectivity index (χ1v) is 5.64. The van der Waals surface area contributed by atoms with E-state index < -0.39 is 0 Å². The average Bonchev–Trinajstić information content (AvgIpc) is 3.10. The molecule has 0 spiro atoms. The highest BCUT2D eigenvalue weighted by Gasteiger charge is 2.29. The molecule has 16 heavy (non-hydrogen) atoms. The van der Waals surface area contributed by atoms with E-state index in [0.717, 1.165) is 24.1 Å². The third-order valence-corrected chi connectivity index (χ3v) is 2.80. The van der Waals surface area contributed by atoms with Crippen LogP contribution in [0.25, 0.3) is 0 Å². The lowest BCUT2D eigenvalue weighted by Gasteiger charge is -2.02. The normalized spacial score (nSPS) is 16.0. The molecule has 3 nitrogen and oxygen atoms in total. The van der Waals surface area contributed by atoms with E-state index in [-0.39, 0.29) is 11.8 Å². The number of hydrogen-bond acceptors (Lipinski definition) is 2. The van der Waals surface area contributed by atoms with E-state index in [4.69, 9.17) is 11.6 Å². The smallest absolute Gasteiger partial charge is 0.243 e. The van der Waals surface area contributed by atoms with Crippen LogP contribution in [-0.2, 0) is 4.79 Å². The van der Waals surface area contributed by atoms with Gasteiger partial charge in [-0.1, -0.05) is 23.7 Å². The zero-order valence-electron chi connectivity index (χ0n) is 9.03. The predicted molar refractivity (Wildman–Crippen MR) is 64.5 cm³/mol. The largest absolute Gasteiger partial charge is 0.273 e. The molecule has 1 amide bonds. The van der Waals surface area contributed by atoms with E-state index in [1.807, 2.05) is 19.1 Å². The van der Waals surface area contributed by atoms with Gasteiger partial charge in [0.2, 0.25) is 5.91 Å². The van der Waals surface area contributed by atoms with Gasteiger partial charge in [-0.05, 0) is 37.5 Å². The second kappa shape index (κ2) is 4.66. The van der Waals surface area contributed by atoms with Crippen molar-refractivity contribution in [2.24, 2.45) is 11.0 Å². The van der Waals surface area contributed by atoms with Gasteiger partial charge in [-0.25, -0.2) is 5.43 Å². The van der Waals surface area contributed by atoms with E-state index >= 15 is 0 Å². The van der Waals surface area contributed by atoms with Crippen molar-refractivity contribution in [3.05, 3.63) is 34.9 Å². The second-order valence-corrected chi connectivity index (χ2v) is 4.39. The molecule has 1 saturated carbocycles. The van der Waals surface area contributed by atoms with Crippen LogP contribution in [0.4, 0.5) is 0 Å². The molecule has 4 heteroatoms. The summed E-state index contributed by atoms with van der Waals surface area (Å²) in [7, 11) is 0. The number of carbonyl (C=O) groups excluding carboxylic acids is 1. The summed E-state index contributed by atoms with van der Waals surface area (Å²) in [6.07, 6.45) is 1.97. The lowest BCUT2D eigenvalue weighted by Crippen LogP contribution is -2.20. The van der Waals surface area contributed by atoms with Crippen LogP contribution in [0.5, 0.6) is 0 Å². The first-order chi connectivity index (χ1) is 7.66. The Morgan fingerprint density at radius 2 is 2.00 bits per heavy atom. The molecule has 84 valence electrons. The number of nitrogens with zero attached hydrogens (tertiary/aromatic N) is 1. The maximum Gasteiger partial charge on any atom is 0.243 e. The van der Waals surface area contributed by atoms with Gasteiger partial charge in [0, 0.05) is 10.9 Å². The monoisotopic (exact) mass is 236 g/mol. The molecule has 1 aromatic rings. The van der Waals surface area contributed by atoms with Crippen LogP contribution in [0.2, 0.25) is 5.02 Å². The average molecular weight is 237 g/mol. The molecule has 0 aliphatic heterocycles. The first kappa shape index (κ1) is 11.1. The lowest BCUT2D eigenvalue weighted by molar-refractivity contribution is -0.122.